The molecule has 0 spiro atoms. The number of nitriles is 1. The molecule has 0 saturated heterocycles. The van der Waals surface area contributed by atoms with Gasteiger partial charge in [-0.3, -0.25) is 0 Å². The van der Waals surface area contributed by atoms with Crippen LogP contribution in [0.1, 0.15) is 29.7 Å². The first kappa shape index (κ1) is 14.9. The molecule has 0 amide bonds. The Morgan fingerprint density at radius 2 is 1.90 bits per heavy atom. The van der Waals surface area contributed by atoms with Gasteiger partial charge in [-0.1, -0.05) is 12.1 Å². The van der Waals surface area contributed by atoms with E-state index in [0.29, 0.717) is 29.2 Å². The average molecular weight is 283 g/mol. The van der Waals surface area contributed by atoms with E-state index in [1.807, 2.05) is 12.1 Å². The molecule has 0 aromatic heterocycles. The summed E-state index contributed by atoms with van der Waals surface area (Å²) < 4.78 is 11.0. The van der Waals surface area contributed by atoms with Gasteiger partial charge >= 0.3 is 0 Å². The first-order valence-electron chi connectivity index (χ1n) is 6.62. The lowest BCUT2D eigenvalue weighted by atomic mass is 10.1. The number of nitrogens with zero attached hydrogens (tertiary/aromatic N) is 1. The van der Waals surface area contributed by atoms with Gasteiger partial charge < -0.3 is 14.6 Å². The molecule has 21 heavy (non-hydrogen) atoms. The van der Waals surface area contributed by atoms with Crippen LogP contribution in [-0.4, -0.2) is 12.2 Å². The van der Waals surface area contributed by atoms with Gasteiger partial charge in [0.2, 0.25) is 0 Å². The van der Waals surface area contributed by atoms with Crippen LogP contribution in [0, 0.1) is 11.3 Å². The number of ether oxygens (including phenoxy) is 2. The molecule has 1 atom stereocenters. The molecule has 4 nitrogen and oxygen atoms in total. The number of hydrogen-bond donors (Lipinski definition) is 1. The van der Waals surface area contributed by atoms with E-state index in [0.717, 1.165) is 5.56 Å². The highest BCUT2D eigenvalue weighted by Gasteiger charge is 2.11. The topological polar surface area (TPSA) is 62.5 Å². The number of rotatable bonds is 5. The second kappa shape index (κ2) is 6.78. The molecule has 108 valence electrons. The van der Waals surface area contributed by atoms with Gasteiger partial charge in [0, 0.05) is 11.6 Å². The SMILES string of the molecule is COc1ccc([C@H](C)O)c(OCc2ccc(C#N)cc2)c1. The minimum Gasteiger partial charge on any atom is -0.497 e. The van der Waals surface area contributed by atoms with Gasteiger partial charge in [-0.25, -0.2) is 0 Å². The monoisotopic (exact) mass is 283 g/mol. The Balaban J connectivity index is 2.16. The third kappa shape index (κ3) is 3.74. The molecule has 0 unspecified atom stereocenters. The van der Waals surface area contributed by atoms with Crippen molar-refractivity contribution in [3.05, 3.63) is 59.2 Å². The van der Waals surface area contributed by atoms with Crippen molar-refractivity contribution in [2.75, 3.05) is 7.11 Å². The summed E-state index contributed by atoms with van der Waals surface area (Å²) in [5, 5.41) is 18.5. The quantitative estimate of drug-likeness (QED) is 0.915. The van der Waals surface area contributed by atoms with Crippen molar-refractivity contribution in [1.82, 2.24) is 0 Å². The molecule has 1 N–H and O–H groups in total. The lowest BCUT2D eigenvalue weighted by Crippen LogP contribution is -2.01. The highest BCUT2D eigenvalue weighted by molar-refractivity contribution is 5.42. The van der Waals surface area contributed by atoms with Crippen molar-refractivity contribution < 1.29 is 14.6 Å². The minimum atomic E-state index is -0.619. The number of aliphatic hydroxyl groups is 1. The fourth-order valence-electron chi connectivity index (χ4n) is 1.95. The van der Waals surface area contributed by atoms with Crippen molar-refractivity contribution in [2.45, 2.75) is 19.6 Å². The first-order valence-corrected chi connectivity index (χ1v) is 6.62. The summed E-state index contributed by atoms with van der Waals surface area (Å²) in [4.78, 5) is 0. The molecule has 2 aromatic carbocycles. The van der Waals surface area contributed by atoms with Crippen LogP contribution in [-0.2, 0) is 6.61 Å². The molecule has 0 saturated carbocycles. The molecule has 0 radical (unpaired) electrons. The zero-order valence-corrected chi connectivity index (χ0v) is 12.0. The summed E-state index contributed by atoms with van der Waals surface area (Å²) in [6, 6.07) is 14.6. The Bertz CT molecular complexity index is 642. The molecule has 2 rings (SSSR count). The maximum absolute atomic E-state index is 9.78. The van der Waals surface area contributed by atoms with Crippen molar-refractivity contribution in [1.29, 1.82) is 5.26 Å². The van der Waals surface area contributed by atoms with Gasteiger partial charge in [-0.05, 0) is 36.8 Å². The van der Waals surface area contributed by atoms with E-state index >= 15 is 0 Å². The van der Waals surface area contributed by atoms with Crippen LogP contribution < -0.4 is 9.47 Å². The molecule has 0 aliphatic heterocycles. The fourth-order valence-corrected chi connectivity index (χ4v) is 1.95. The van der Waals surface area contributed by atoms with Crippen LogP contribution in [0.25, 0.3) is 0 Å². The predicted molar refractivity (Wildman–Crippen MR) is 79.1 cm³/mol. The fraction of sp³-hybridized carbons (Fsp3) is 0.235. The lowest BCUT2D eigenvalue weighted by molar-refractivity contribution is 0.190. The Morgan fingerprint density at radius 1 is 1.19 bits per heavy atom. The molecular formula is C17H17NO3. The van der Waals surface area contributed by atoms with Crippen LogP contribution in [0.3, 0.4) is 0 Å². The van der Waals surface area contributed by atoms with Crippen LogP contribution in [0.5, 0.6) is 11.5 Å². The zero-order chi connectivity index (χ0) is 15.2. The van der Waals surface area contributed by atoms with Gasteiger partial charge in [0.15, 0.2) is 0 Å². The Kier molecular flexibility index (Phi) is 4.81. The smallest absolute Gasteiger partial charge is 0.129 e. The van der Waals surface area contributed by atoms with E-state index in [1.165, 1.54) is 0 Å². The van der Waals surface area contributed by atoms with Crippen molar-refractivity contribution >= 4 is 0 Å². The van der Waals surface area contributed by atoms with E-state index in [4.69, 9.17) is 14.7 Å². The average Bonchev–Trinajstić information content (AvgIpc) is 2.52. The highest BCUT2D eigenvalue weighted by atomic mass is 16.5. The normalized spacial score (nSPS) is 11.5. The summed E-state index contributed by atoms with van der Waals surface area (Å²) >= 11 is 0. The molecule has 0 fully saturated rings. The summed E-state index contributed by atoms with van der Waals surface area (Å²) in [6.45, 7) is 2.05. The van der Waals surface area contributed by atoms with Gasteiger partial charge in [0.25, 0.3) is 0 Å². The number of benzene rings is 2. The van der Waals surface area contributed by atoms with Gasteiger partial charge in [0.1, 0.15) is 18.1 Å². The highest BCUT2D eigenvalue weighted by Crippen LogP contribution is 2.30. The van der Waals surface area contributed by atoms with Gasteiger partial charge in [-0.15, -0.1) is 0 Å². The summed E-state index contributed by atoms with van der Waals surface area (Å²) in [5.41, 5.74) is 2.28. The second-order valence-corrected chi connectivity index (χ2v) is 4.68. The second-order valence-electron chi connectivity index (χ2n) is 4.68. The van der Waals surface area contributed by atoms with E-state index < -0.39 is 6.10 Å². The molecule has 4 heteroatoms. The minimum absolute atomic E-state index is 0.360. The maximum Gasteiger partial charge on any atom is 0.129 e. The van der Waals surface area contributed by atoms with E-state index in [-0.39, 0.29) is 0 Å². The van der Waals surface area contributed by atoms with E-state index in [2.05, 4.69) is 6.07 Å². The molecular weight excluding hydrogens is 266 g/mol. The van der Waals surface area contributed by atoms with E-state index in [1.54, 1.807) is 44.4 Å². The number of methoxy groups -OCH3 is 1. The summed E-state index contributed by atoms with van der Waals surface area (Å²) in [6.07, 6.45) is -0.619. The van der Waals surface area contributed by atoms with Crippen molar-refractivity contribution in [2.24, 2.45) is 0 Å². The third-order valence-corrected chi connectivity index (χ3v) is 3.15. The Labute approximate surface area is 124 Å². The third-order valence-electron chi connectivity index (χ3n) is 3.15. The number of hydrogen-bond acceptors (Lipinski definition) is 4. The Hall–Kier alpha value is -2.51. The summed E-state index contributed by atoms with van der Waals surface area (Å²) in [7, 11) is 1.59. The first-order chi connectivity index (χ1) is 10.1. The molecule has 0 aliphatic rings. The van der Waals surface area contributed by atoms with Crippen LogP contribution in [0.15, 0.2) is 42.5 Å². The maximum atomic E-state index is 9.78. The number of aliphatic hydroxyl groups excluding tert-OH is 1. The lowest BCUT2D eigenvalue weighted by Gasteiger charge is -2.14. The largest absolute Gasteiger partial charge is 0.497 e. The van der Waals surface area contributed by atoms with Crippen LogP contribution in [0.2, 0.25) is 0 Å². The van der Waals surface area contributed by atoms with E-state index in [9.17, 15) is 5.11 Å². The van der Waals surface area contributed by atoms with Crippen LogP contribution in [0.4, 0.5) is 0 Å². The molecule has 0 aliphatic carbocycles. The predicted octanol–water partition coefficient (Wildman–Crippen LogP) is 3.20. The van der Waals surface area contributed by atoms with Gasteiger partial charge in [-0.2, -0.15) is 5.26 Å². The van der Waals surface area contributed by atoms with Crippen molar-refractivity contribution in [3.63, 3.8) is 0 Å². The summed E-state index contributed by atoms with van der Waals surface area (Å²) in [5.74, 6) is 1.27. The van der Waals surface area contributed by atoms with Gasteiger partial charge in [0.05, 0.1) is 24.8 Å². The standard InChI is InChI=1S/C17H17NO3/c1-12(19)16-8-7-15(20-2)9-17(16)21-11-14-5-3-13(10-18)4-6-14/h3-9,12,19H,11H2,1-2H3/t12-/m0/s1. The van der Waals surface area contributed by atoms with Crippen molar-refractivity contribution in [3.8, 4) is 17.6 Å². The van der Waals surface area contributed by atoms with Crippen LogP contribution >= 0.6 is 0 Å². The molecule has 0 bridgehead atoms. The molecule has 2 aromatic rings. The Morgan fingerprint density at radius 3 is 2.48 bits per heavy atom. The zero-order valence-electron chi connectivity index (χ0n) is 12.0. The molecule has 0 heterocycles.